The van der Waals surface area contributed by atoms with Gasteiger partial charge in [0.1, 0.15) is 0 Å². The zero-order chi connectivity index (χ0) is 20.7. The van der Waals surface area contributed by atoms with Gasteiger partial charge in [-0.3, -0.25) is 4.79 Å². The summed E-state index contributed by atoms with van der Waals surface area (Å²) in [5.74, 6) is -1.41. The summed E-state index contributed by atoms with van der Waals surface area (Å²) in [6, 6.07) is 12.5. The van der Waals surface area contributed by atoms with Gasteiger partial charge >= 0.3 is 5.97 Å². The summed E-state index contributed by atoms with van der Waals surface area (Å²) >= 11 is 6.02. The third kappa shape index (κ3) is 5.31. The first-order valence-electron chi connectivity index (χ1n) is 8.61. The number of nitrogens with one attached hydrogen (secondary N) is 1. The number of para-hydroxylation sites is 1. The molecule has 7 nitrogen and oxygen atoms in total. The van der Waals surface area contributed by atoms with Crippen LogP contribution in [-0.2, 0) is 19.6 Å². The Labute approximate surface area is 169 Å². The molecule has 0 saturated heterocycles. The second-order valence-corrected chi connectivity index (χ2v) is 8.07. The van der Waals surface area contributed by atoms with Gasteiger partial charge in [0.05, 0.1) is 15.5 Å². The lowest BCUT2D eigenvalue weighted by molar-refractivity contribution is -0.119. The van der Waals surface area contributed by atoms with Crippen molar-refractivity contribution in [1.29, 1.82) is 0 Å². The fourth-order valence-corrected chi connectivity index (χ4v) is 4.14. The number of halogens is 1. The van der Waals surface area contributed by atoms with Crippen molar-refractivity contribution in [3.05, 3.63) is 59.1 Å². The zero-order valence-corrected chi connectivity index (χ0v) is 17.1. The summed E-state index contributed by atoms with van der Waals surface area (Å²) in [4.78, 5) is 24.1. The van der Waals surface area contributed by atoms with Crippen molar-refractivity contribution in [2.45, 2.75) is 18.7 Å². The number of anilines is 1. The largest absolute Gasteiger partial charge is 0.452 e. The Morgan fingerprint density at radius 1 is 1.07 bits per heavy atom. The molecule has 1 N–H and O–H groups in total. The van der Waals surface area contributed by atoms with Crippen LogP contribution in [0.1, 0.15) is 24.2 Å². The van der Waals surface area contributed by atoms with Crippen LogP contribution in [0.3, 0.4) is 0 Å². The van der Waals surface area contributed by atoms with Crippen LogP contribution in [0.5, 0.6) is 0 Å². The molecule has 0 heterocycles. The number of benzene rings is 2. The molecule has 9 heteroatoms. The van der Waals surface area contributed by atoms with E-state index in [-0.39, 0.29) is 15.5 Å². The molecule has 1 amide bonds. The van der Waals surface area contributed by atoms with Gasteiger partial charge in [0, 0.05) is 18.8 Å². The summed E-state index contributed by atoms with van der Waals surface area (Å²) in [7, 11) is -3.76. The van der Waals surface area contributed by atoms with E-state index in [4.69, 9.17) is 16.3 Å². The maximum atomic E-state index is 12.6. The first-order valence-corrected chi connectivity index (χ1v) is 10.4. The molecule has 0 unspecified atom stereocenters. The van der Waals surface area contributed by atoms with Crippen LogP contribution in [0, 0.1) is 0 Å². The molecule has 2 rings (SSSR count). The monoisotopic (exact) mass is 424 g/mol. The number of rotatable bonds is 8. The average molecular weight is 425 g/mol. The van der Waals surface area contributed by atoms with Gasteiger partial charge < -0.3 is 10.1 Å². The number of nitrogens with zero attached hydrogens (tertiary/aromatic N) is 1. The average Bonchev–Trinajstić information content (AvgIpc) is 2.68. The highest BCUT2D eigenvalue weighted by atomic mass is 35.5. The molecule has 0 aliphatic rings. The van der Waals surface area contributed by atoms with E-state index in [0.29, 0.717) is 18.8 Å². The van der Waals surface area contributed by atoms with Crippen LogP contribution >= 0.6 is 11.6 Å². The first-order chi connectivity index (χ1) is 13.3. The lowest BCUT2D eigenvalue weighted by Crippen LogP contribution is -2.30. The second-order valence-electron chi connectivity index (χ2n) is 5.72. The highest BCUT2D eigenvalue weighted by Gasteiger charge is 2.24. The maximum absolute atomic E-state index is 12.6. The Kier molecular flexibility index (Phi) is 7.56. The number of amides is 1. The molecule has 0 radical (unpaired) electrons. The highest BCUT2D eigenvalue weighted by molar-refractivity contribution is 7.89. The van der Waals surface area contributed by atoms with Crippen LogP contribution in [0.2, 0.25) is 5.02 Å². The van der Waals surface area contributed by atoms with E-state index in [2.05, 4.69) is 5.32 Å². The van der Waals surface area contributed by atoms with E-state index in [1.54, 1.807) is 44.2 Å². The van der Waals surface area contributed by atoms with Gasteiger partial charge in [0.15, 0.2) is 6.61 Å². The third-order valence-electron chi connectivity index (χ3n) is 3.89. The molecule has 0 atom stereocenters. The molecule has 150 valence electrons. The summed E-state index contributed by atoms with van der Waals surface area (Å²) in [5, 5.41) is 2.61. The highest BCUT2D eigenvalue weighted by Crippen LogP contribution is 2.23. The van der Waals surface area contributed by atoms with Gasteiger partial charge in [-0.15, -0.1) is 0 Å². The van der Waals surface area contributed by atoms with Gasteiger partial charge in [-0.05, 0) is 30.3 Å². The predicted octanol–water partition coefficient (Wildman–Crippen LogP) is 3.17. The number of sulfonamides is 1. The number of carbonyl (C=O) groups excluding carboxylic acids is 2. The summed E-state index contributed by atoms with van der Waals surface area (Å²) < 4.78 is 31.5. The molecule has 0 spiro atoms. The number of ether oxygens (including phenoxy) is 1. The van der Waals surface area contributed by atoms with E-state index >= 15 is 0 Å². The Balaban J connectivity index is 2.12. The molecule has 0 aliphatic carbocycles. The Morgan fingerprint density at radius 2 is 1.71 bits per heavy atom. The third-order valence-corrected chi connectivity index (χ3v) is 6.27. The first kappa shape index (κ1) is 21.9. The summed E-state index contributed by atoms with van der Waals surface area (Å²) in [5.41, 5.74) is 0.441. The predicted molar refractivity (Wildman–Crippen MR) is 107 cm³/mol. The van der Waals surface area contributed by atoms with Gasteiger partial charge in [-0.1, -0.05) is 43.6 Å². The van der Waals surface area contributed by atoms with Crippen LogP contribution in [0.4, 0.5) is 5.69 Å². The number of carbonyl (C=O) groups is 2. The quantitative estimate of drug-likeness (QED) is 0.657. The molecular weight excluding hydrogens is 404 g/mol. The van der Waals surface area contributed by atoms with Crippen molar-refractivity contribution in [2.75, 3.05) is 25.0 Å². The standard InChI is InChI=1S/C19H21ClN2O5S/c1-3-22(4-2)28(25,26)15-10-11-17(20)16(12-15)19(24)27-13-18(23)21-14-8-6-5-7-9-14/h5-12H,3-4,13H2,1-2H3,(H,21,23). The van der Waals surface area contributed by atoms with Crippen LogP contribution in [0.15, 0.2) is 53.4 Å². The van der Waals surface area contributed by atoms with Crippen molar-refractivity contribution in [1.82, 2.24) is 4.31 Å². The van der Waals surface area contributed by atoms with Gasteiger partial charge in [0.2, 0.25) is 10.0 Å². The Hall–Kier alpha value is -2.42. The van der Waals surface area contributed by atoms with Crippen LogP contribution in [-0.4, -0.2) is 44.3 Å². The molecule has 0 fully saturated rings. The lowest BCUT2D eigenvalue weighted by atomic mass is 10.2. The van der Waals surface area contributed by atoms with Crippen molar-refractivity contribution in [3.8, 4) is 0 Å². The molecule has 28 heavy (non-hydrogen) atoms. The van der Waals surface area contributed by atoms with Gasteiger partial charge in [-0.25, -0.2) is 13.2 Å². The normalized spacial score (nSPS) is 11.3. The van der Waals surface area contributed by atoms with Crippen molar-refractivity contribution >= 4 is 39.2 Å². The molecule has 2 aromatic rings. The minimum atomic E-state index is -3.76. The number of esters is 1. The van der Waals surface area contributed by atoms with Crippen LogP contribution < -0.4 is 5.32 Å². The van der Waals surface area contributed by atoms with Gasteiger partial charge in [-0.2, -0.15) is 4.31 Å². The molecule has 0 aromatic heterocycles. The molecule has 0 aliphatic heterocycles. The van der Waals surface area contributed by atoms with E-state index in [1.807, 2.05) is 0 Å². The number of hydrogen-bond acceptors (Lipinski definition) is 5. The molecule has 2 aromatic carbocycles. The van der Waals surface area contributed by atoms with Crippen molar-refractivity contribution in [3.63, 3.8) is 0 Å². The summed E-state index contributed by atoms with van der Waals surface area (Å²) in [6.07, 6.45) is 0. The minimum Gasteiger partial charge on any atom is -0.452 e. The molecule has 0 bridgehead atoms. The SMILES string of the molecule is CCN(CC)S(=O)(=O)c1ccc(Cl)c(C(=O)OCC(=O)Nc2ccccc2)c1. The van der Waals surface area contributed by atoms with Gasteiger partial charge in [0.25, 0.3) is 5.91 Å². The zero-order valence-electron chi connectivity index (χ0n) is 15.5. The van der Waals surface area contributed by atoms with E-state index in [1.165, 1.54) is 16.4 Å². The van der Waals surface area contributed by atoms with Crippen molar-refractivity contribution in [2.24, 2.45) is 0 Å². The lowest BCUT2D eigenvalue weighted by Gasteiger charge is -2.19. The maximum Gasteiger partial charge on any atom is 0.340 e. The summed E-state index contributed by atoms with van der Waals surface area (Å²) in [6.45, 7) is 3.49. The second kappa shape index (κ2) is 9.68. The Morgan fingerprint density at radius 3 is 2.32 bits per heavy atom. The minimum absolute atomic E-state index is 0.0342. The van der Waals surface area contributed by atoms with E-state index in [9.17, 15) is 18.0 Å². The topological polar surface area (TPSA) is 92.8 Å². The Bertz CT molecular complexity index is 944. The molecule has 0 saturated carbocycles. The molecular formula is C19H21ClN2O5S. The van der Waals surface area contributed by atoms with Crippen LogP contribution in [0.25, 0.3) is 0 Å². The fourth-order valence-electron chi connectivity index (χ4n) is 2.46. The smallest absolute Gasteiger partial charge is 0.340 e. The van der Waals surface area contributed by atoms with E-state index < -0.39 is 28.5 Å². The number of hydrogen-bond donors (Lipinski definition) is 1. The van der Waals surface area contributed by atoms with Crippen molar-refractivity contribution < 1.29 is 22.7 Å². The fraction of sp³-hybridized carbons (Fsp3) is 0.263. The van der Waals surface area contributed by atoms with E-state index in [0.717, 1.165) is 6.07 Å².